The van der Waals surface area contributed by atoms with Crippen LogP contribution in [0.25, 0.3) is 0 Å². The average molecular weight is 226 g/mol. The monoisotopic (exact) mass is 226 g/mol. The molecule has 16 heavy (non-hydrogen) atoms. The van der Waals surface area contributed by atoms with Crippen molar-refractivity contribution in [2.24, 2.45) is 17.3 Å². The lowest BCUT2D eigenvalue weighted by Crippen LogP contribution is -2.51. The molecule has 1 aliphatic heterocycles. The van der Waals surface area contributed by atoms with E-state index in [1.54, 1.807) is 0 Å². The van der Waals surface area contributed by atoms with Crippen molar-refractivity contribution in [3.05, 3.63) is 0 Å². The molecule has 0 saturated carbocycles. The molecule has 0 bridgehead atoms. The fourth-order valence-electron chi connectivity index (χ4n) is 2.71. The molecule has 0 aromatic rings. The molecule has 0 aromatic carbocycles. The van der Waals surface area contributed by atoms with Gasteiger partial charge in [0.15, 0.2) is 0 Å². The Kier molecular flexibility index (Phi) is 4.42. The molecule has 1 fully saturated rings. The molecule has 1 rings (SSSR count). The van der Waals surface area contributed by atoms with E-state index in [2.05, 4.69) is 52.2 Å². The molecule has 2 nitrogen and oxygen atoms in total. The van der Waals surface area contributed by atoms with E-state index in [4.69, 9.17) is 0 Å². The van der Waals surface area contributed by atoms with Gasteiger partial charge >= 0.3 is 0 Å². The lowest BCUT2D eigenvalue weighted by atomic mass is 9.81. The van der Waals surface area contributed by atoms with Crippen molar-refractivity contribution in [3.8, 4) is 0 Å². The molecule has 0 aliphatic carbocycles. The molecule has 1 unspecified atom stereocenters. The first kappa shape index (κ1) is 14.0. The number of nitrogens with one attached hydrogen (secondary N) is 2. The standard InChI is InChI=1S/C14H30N2/c1-11(12-8-15-9-12)7-16-14(5,6)10-13(2,3)4/h11-12,15-16H,7-10H2,1-6H3. The van der Waals surface area contributed by atoms with Crippen molar-refractivity contribution in [2.45, 2.75) is 53.5 Å². The maximum Gasteiger partial charge on any atom is 0.0130 e. The third kappa shape index (κ3) is 4.84. The van der Waals surface area contributed by atoms with Gasteiger partial charge in [-0.3, -0.25) is 0 Å². The lowest BCUT2D eigenvalue weighted by molar-refractivity contribution is 0.197. The van der Waals surface area contributed by atoms with E-state index < -0.39 is 0 Å². The van der Waals surface area contributed by atoms with Crippen molar-refractivity contribution < 1.29 is 0 Å². The minimum Gasteiger partial charge on any atom is -0.316 e. The van der Waals surface area contributed by atoms with Gasteiger partial charge in [0.25, 0.3) is 0 Å². The molecule has 0 amide bonds. The van der Waals surface area contributed by atoms with Gasteiger partial charge in [0.05, 0.1) is 0 Å². The second-order valence-electron chi connectivity index (χ2n) is 7.40. The van der Waals surface area contributed by atoms with E-state index in [0.29, 0.717) is 5.41 Å². The van der Waals surface area contributed by atoms with Crippen molar-refractivity contribution in [1.29, 1.82) is 0 Å². The number of hydrogen-bond donors (Lipinski definition) is 2. The highest BCUT2D eigenvalue weighted by Crippen LogP contribution is 2.27. The first-order chi connectivity index (χ1) is 7.20. The topological polar surface area (TPSA) is 24.1 Å². The lowest BCUT2D eigenvalue weighted by Gasteiger charge is -2.37. The molecule has 1 saturated heterocycles. The smallest absolute Gasteiger partial charge is 0.0130 e. The minimum atomic E-state index is 0.254. The van der Waals surface area contributed by atoms with Crippen molar-refractivity contribution in [2.75, 3.05) is 19.6 Å². The van der Waals surface area contributed by atoms with E-state index in [0.717, 1.165) is 18.4 Å². The second kappa shape index (κ2) is 5.05. The molecular weight excluding hydrogens is 196 g/mol. The molecule has 1 heterocycles. The quantitative estimate of drug-likeness (QED) is 0.753. The maximum absolute atomic E-state index is 3.74. The highest BCUT2D eigenvalue weighted by molar-refractivity contribution is 4.86. The molecule has 0 aromatic heterocycles. The summed E-state index contributed by atoms with van der Waals surface area (Å²) in [5.74, 6) is 1.68. The molecule has 1 aliphatic rings. The van der Waals surface area contributed by atoms with E-state index >= 15 is 0 Å². The van der Waals surface area contributed by atoms with Crippen LogP contribution in [0.5, 0.6) is 0 Å². The third-order valence-corrected chi connectivity index (χ3v) is 3.49. The zero-order valence-electron chi connectivity index (χ0n) is 12.0. The van der Waals surface area contributed by atoms with Gasteiger partial charge in [0.2, 0.25) is 0 Å². The van der Waals surface area contributed by atoms with Gasteiger partial charge in [0.1, 0.15) is 0 Å². The molecule has 2 heteroatoms. The van der Waals surface area contributed by atoms with E-state index in [9.17, 15) is 0 Å². The van der Waals surface area contributed by atoms with Crippen LogP contribution in [0.2, 0.25) is 0 Å². The van der Waals surface area contributed by atoms with Gasteiger partial charge in [-0.2, -0.15) is 0 Å². The average Bonchev–Trinajstić information content (AvgIpc) is 1.92. The SMILES string of the molecule is CC(CNC(C)(C)CC(C)(C)C)C1CNC1. The Balaban J connectivity index is 2.29. The zero-order chi connectivity index (χ0) is 12.4. The predicted octanol–water partition coefficient (Wildman–Crippen LogP) is 2.65. The van der Waals surface area contributed by atoms with E-state index in [1.807, 2.05) is 0 Å². The van der Waals surface area contributed by atoms with Crippen LogP contribution >= 0.6 is 0 Å². The maximum atomic E-state index is 3.74. The van der Waals surface area contributed by atoms with Crippen LogP contribution in [0.3, 0.4) is 0 Å². The zero-order valence-corrected chi connectivity index (χ0v) is 12.0. The Morgan fingerprint density at radius 3 is 2.12 bits per heavy atom. The summed E-state index contributed by atoms with van der Waals surface area (Å²) in [7, 11) is 0. The molecule has 1 atom stereocenters. The third-order valence-electron chi connectivity index (χ3n) is 3.49. The first-order valence-electron chi connectivity index (χ1n) is 6.65. The van der Waals surface area contributed by atoms with Gasteiger partial charge in [-0.15, -0.1) is 0 Å². The Labute approximate surface area is 102 Å². The van der Waals surface area contributed by atoms with Gasteiger partial charge in [-0.25, -0.2) is 0 Å². The highest BCUT2D eigenvalue weighted by atomic mass is 15.0. The van der Waals surface area contributed by atoms with Crippen LogP contribution in [0.15, 0.2) is 0 Å². The Bertz CT molecular complexity index is 211. The molecule has 0 radical (unpaired) electrons. The molecule has 0 spiro atoms. The van der Waals surface area contributed by atoms with Gasteiger partial charge in [0, 0.05) is 5.54 Å². The summed E-state index contributed by atoms with van der Waals surface area (Å²) in [5.41, 5.74) is 0.654. The van der Waals surface area contributed by atoms with Crippen LogP contribution < -0.4 is 10.6 Å². The number of hydrogen-bond acceptors (Lipinski definition) is 2. The summed E-state index contributed by atoms with van der Waals surface area (Å²) in [4.78, 5) is 0. The molecular formula is C14H30N2. The van der Waals surface area contributed by atoms with Crippen LogP contribution in [-0.2, 0) is 0 Å². The van der Waals surface area contributed by atoms with Crippen LogP contribution in [0.1, 0.15) is 48.0 Å². The molecule has 96 valence electrons. The first-order valence-corrected chi connectivity index (χ1v) is 6.65. The summed E-state index contributed by atoms with van der Waals surface area (Å²) < 4.78 is 0. The minimum absolute atomic E-state index is 0.254. The van der Waals surface area contributed by atoms with Crippen molar-refractivity contribution in [1.82, 2.24) is 10.6 Å². The summed E-state index contributed by atoms with van der Waals surface area (Å²) in [6.07, 6.45) is 1.22. The summed E-state index contributed by atoms with van der Waals surface area (Å²) in [6, 6.07) is 0. The Morgan fingerprint density at radius 1 is 1.19 bits per heavy atom. The number of rotatable bonds is 5. The fourth-order valence-corrected chi connectivity index (χ4v) is 2.71. The fraction of sp³-hybridized carbons (Fsp3) is 1.00. The van der Waals surface area contributed by atoms with Crippen LogP contribution in [-0.4, -0.2) is 25.2 Å². The molecule has 2 N–H and O–H groups in total. The second-order valence-corrected chi connectivity index (χ2v) is 7.40. The Morgan fingerprint density at radius 2 is 1.75 bits per heavy atom. The largest absolute Gasteiger partial charge is 0.316 e. The van der Waals surface area contributed by atoms with Crippen LogP contribution in [0, 0.1) is 17.3 Å². The van der Waals surface area contributed by atoms with Crippen LogP contribution in [0.4, 0.5) is 0 Å². The Hall–Kier alpha value is -0.0800. The van der Waals surface area contributed by atoms with Crippen molar-refractivity contribution >= 4 is 0 Å². The normalized spacial score (nSPS) is 20.6. The van der Waals surface area contributed by atoms with Gasteiger partial charge in [-0.1, -0.05) is 27.7 Å². The van der Waals surface area contributed by atoms with E-state index in [1.165, 1.54) is 19.5 Å². The van der Waals surface area contributed by atoms with Gasteiger partial charge < -0.3 is 10.6 Å². The van der Waals surface area contributed by atoms with E-state index in [-0.39, 0.29) is 5.54 Å². The summed E-state index contributed by atoms with van der Waals surface area (Å²) in [6.45, 7) is 17.5. The predicted molar refractivity (Wildman–Crippen MR) is 71.7 cm³/mol. The summed E-state index contributed by atoms with van der Waals surface area (Å²) >= 11 is 0. The highest BCUT2D eigenvalue weighted by Gasteiger charge is 2.28. The van der Waals surface area contributed by atoms with Crippen molar-refractivity contribution in [3.63, 3.8) is 0 Å². The summed E-state index contributed by atoms with van der Waals surface area (Å²) in [5, 5.41) is 7.09. The van der Waals surface area contributed by atoms with Gasteiger partial charge in [-0.05, 0) is 57.2 Å².